The molecular formula is C17H22N4O3. The van der Waals surface area contributed by atoms with Crippen LogP contribution in [0.25, 0.3) is 0 Å². The molecule has 0 radical (unpaired) electrons. The van der Waals surface area contributed by atoms with Crippen LogP contribution in [0.5, 0.6) is 0 Å². The zero-order chi connectivity index (χ0) is 16.9. The Bertz CT molecular complexity index is 699. The molecule has 128 valence electrons. The van der Waals surface area contributed by atoms with Crippen molar-refractivity contribution in [3.05, 3.63) is 35.9 Å². The SMILES string of the molecule is Cn1nc(C(=O)NCCc2ccco2)cc1NC(=O)C1CCCC1. The molecule has 0 saturated heterocycles. The molecule has 0 bridgehead atoms. The Morgan fingerprint density at radius 3 is 2.88 bits per heavy atom. The van der Waals surface area contributed by atoms with Gasteiger partial charge in [-0.05, 0) is 25.0 Å². The largest absolute Gasteiger partial charge is 0.469 e. The molecule has 1 saturated carbocycles. The molecule has 1 aliphatic rings. The number of anilines is 1. The highest BCUT2D eigenvalue weighted by Gasteiger charge is 2.24. The molecule has 2 N–H and O–H groups in total. The number of furan rings is 1. The van der Waals surface area contributed by atoms with Gasteiger partial charge in [-0.2, -0.15) is 5.10 Å². The number of nitrogens with one attached hydrogen (secondary N) is 2. The van der Waals surface area contributed by atoms with Crippen LogP contribution in [-0.2, 0) is 18.3 Å². The molecule has 1 aliphatic carbocycles. The van der Waals surface area contributed by atoms with Gasteiger partial charge in [0.25, 0.3) is 5.91 Å². The molecule has 2 aromatic rings. The molecule has 0 aliphatic heterocycles. The summed E-state index contributed by atoms with van der Waals surface area (Å²) in [5.41, 5.74) is 0.290. The van der Waals surface area contributed by atoms with Crippen LogP contribution in [0, 0.1) is 5.92 Å². The average Bonchev–Trinajstić information content (AvgIpc) is 3.29. The minimum Gasteiger partial charge on any atom is -0.469 e. The molecule has 2 aromatic heterocycles. The van der Waals surface area contributed by atoms with Crippen molar-refractivity contribution in [3.8, 4) is 0 Å². The third kappa shape index (κ3) is 3.84. The molecular weight excluding hydrogens is 308 g/mol. The maximum absolute atomic E-state index is 12.2. The Labute approximate surface area is 140 Å². The number of hydrogen-bond donors (Lipinski definition) is 2. The van der Waals surface area contributed by atoms with Gasteiger partial charge in [0.1, 0.15) is 11.6 Å². The molecule has 0 unspecified atom stereocenters. The van der Waals surface area contributed by atoms with Gasteiger partial charge in [-0.1, -0.05) is 12.8 Å². The van der Waals surface area contributed by atoms with Gasteiger partial charge in [0.15, 0.2) is 5.69 Å². The maximum Gasteiger partial charge on any atom is 0.271 e. The monoisotopic (exact) mass is 330 g/mol. The first-order valence-corrected chi connectivity index (χ1v) is 8.29. The van der Waals surface area contributed by atoms with Gasteiger partial charge in [0.2, 0.25) is 5.91 Å². The fourth-order valence-electron chi connectivity index (χ4n) is 2.96. The minimum absolute atomic E-state index is 0.0141. The predicted molar refractivity (Wildman–Crippen MR) is 88.5 cm³/mol. The lowest BCUT2D eigenvalue weighted by molar-refractivity contribution is -0.119. The number of amides is 2. The summed E-state index contributed by atoms with van der Waals surface area (Å²) in [5, 5.41) is 9.84. The lowest BCUT2D eigenvalue weighted by Crippen LogP contribution is -2.26. The van der Waals surface area contributed by atoms with E-state index < -0.39 is 0 Å². The van der Waals surface area contributed by atoms with Gasteiger partial charge >= 0.3 is 0 Å². The van der Waals surface area contributed by atoms with Gasteiger partial charge in [-0.15, -0.1) is 0 Å². The van der Waals surface area contributed by atoms with E-state index in [1.54, 1.807) is 19.4 Å². The fraction of sp³-hybridized carbons (Fsp3) is 0.471. The summed E-state index contributed by atoms with van der Waals surface area (Å²) >= 11 is 0. The smallest absolute Gasteiger partial charge is 0.271 e. The highest BCUT2D eigenvalue weighted by Crippen LogP contribution is 2.26. The summed E-state index contributed by atoms with van der Waals surface area (Å²) in [6, 6.07) is 5.29. The van der Waals surface area contributed by atoms with Crippen molar-refractivity contribution < 1.29 is 14.0 Å². The van der Waals surface area contributed by atoms with Gasteiger partial charge in [0, 0.05) is 32.0 Å². The molecule has 2 heterocycles. The lowest BCUT2D eigenvalue weighted by atomic mass is 10.1. The average molecular weight is 330 g/mol. The van der Waals surface area contributed by atoms with Crippen molar-refractivity contribution in [2.75, 3.05) is 11.9 Å². The van der Waals surface area contributed by atoms with Crippen LogP contribution >= 0.6 is 0 Å². The zero-order valence-corrected chi connectivity index (χ0v) is 13.7. The minimum atomic E-state index is -0.265. The Hall–Kier alpha value is -2.57. The van der Waals surface area contributed by atoms with Crippen LogP contribution in [0.1, 0.15) is 41.9 Å². The summed E-state index contributed by atoms with van der Waals surface area (Å²) < 4.78 is 6.74. The van der Waals surface area contributed by atoms with Gasteiger partial charge < -0.3 is 15.1 Å². The second-order valence-electron chi connectivity index (χ2n) is 6.09. The molecule has 0 spiro atoms. The second kappa shape index (κ2) is 7.33. The maximum atomic E-state index is 12.2. The summed E-state index contributed by atoms with van der Waals surface area (Å²) in [6.07, 6.45) is 6.30. The number of rotatable bonds is 6. The first kappa shape index (κ1) is 16.3. The van der Waals surface area contributed by atoms with Gasteiger partial charge in [-0.25, -0.2) is 0 Å². The van der Waals surface area contributed by atoms with E-state index in [9.17, 15) is 9.59 Å². The predicted octanol–water partition coefficient (Wildman–Crippen LogP) is 2.11. The first-order valence-electron chi connectivity index (χ1n) is 8.29. The topological polar surface area (TPSA) is 89.2 Å². The molecule has 1 fully saturated rings. The Morgan fingerprint density at radius 1 is 1.38 bits per heavy atom. The van der Waals surface area contributed by atoms with Crippen LogP contribution in [0.3, 0.4) is 0 Å². The van der Waals surface area contributed by atoms with Crippen molar-refractivity contribution in [1.82, 2.24) is 15.1 Å². The molecule has 24 heavy (non-hydrogen) atoms. The Kier molecular flexibility index (Phi) is 4.98. The van der Waals surface area contributed by atoms with Crippen molar-refractivity contribution in [2.24, 2.45) is 13.0 Å². The third-order valence-electron chi connectivity index (χ3n) is 4.33. The molecule has 3 rings (SSSR count). The highest BCUT2D eigenvalue weighted by molar-refractivity contribution is 5.96. The second-order valence-corrected chi connectivity index (χ2v) is 6.09. The van der Waals surface area contributed by atoms with Gasteiger partial charge in [-0.3, -0.25) is 14.3 Å². The first-order chi connectivity index (χ1) is 11.6. The fourth-order valence-corrected chi connectivity index (χ4v) is 2.96. The highest BCUT2D eigenvalue weighted by atomic mass is 16.3. The number of nitrogens with zero attached hydrogens (tertiary/aromatic N) is 2. The number of carbonyl (C=O) groups is 2. The number of aryl methyl sites for hydroxylation is 1. The van der Waals surface area contributed by atoms with Crippen LogP contribution in [0.4, 0.5) is 5.82 Å². The molecule has 7 nitrogen and oxygen atoms in total. The van der Waals surface area contributed by atoms with E-state index in [0.717, 1.165) is 31.4 Å². The van der Waals surface area contributed by atoms with Crippen molar-refractivity contribution >= 4 is 17.6 Å². The van der Waals surface area contributed by atoms with E-state index in [2.05, 4.69) is 15.7 Å². The molecule has 0 atom stereocenters. The number of aromatic nitrogens is 2. The summed E-state index contributed by atoms with van der Waals surface area (Å²) in [4.78, 5) is 24.3. The standard InChI is InChI=1S/C17H22N4O3/c1-21-15(19-16(22)12-5-2-3-6-12)11-14(20-21)17(23)18-9-8-13-7-4-10-24-13/h4,7,10-12H,2-3,5-6,8-9H2,1H3,(H,18,23)(H,19,22). The zero-order valence-electron chi connectivity index (χ0n) is 13.7. The summed E-state index contributed by atoms with van der Waals surface area (Å²) in [6.45, 7) is 0.465. The van der Waals surface area contributed by atoms with Crippen LogP contribution in [0.2, 0.25) is 0 Å². The number of carbonyl (C=O) groups excluding carboxylic acids is 2. The number of hydrogen-bond acceptors (Lipinski definition) is 4. The Morgan fingerprint density at radius 2 is 2.17 bits per heavy atom. The Balaban J connectivity index is 1.54. The van der Waals surface area contributed by atoms with E-state index in [1.165, 1.54) is 4.68 Å². The summed E-state index contributed by atoms with van der Waals surface area (Å²) in [5.74, 6) is 1.19. The van der Waals surface area contributed by atoms with Gasteiger partial charge in [0.05, 0.1) is 6.26 Å². The summed E-state index contributed by atoms with van der Waals surface area (Å²) in [7, 11) is 1.71. The molecule has 2 amide bonds. The van der Waals surface area contributed by atoms with Crippen molar-refractivity contribution in [2.45, 2.75) is 32.1 Å². The van der Waals surface area contributed by atoms with Crippen LogP contribution in [0.15, 0.2) is 28.9 Å². The van der Waals surface area contributed by atoms with E-state index in [4.69, 9.17) is 4.42 Å². The van der Waals surface area contributed by atoms with Crippen LogP contribution in [-0.4, -0.2) is 28.1 Å². The van der Waals surface area contributed by atoms with Crippen molar-refractivity contribution in [1.29, 1.82) is 0 Å². The van der Waals surface area contributed by atoms with Crippen molar-refractivity contribution in [3.63, 3.8) is 0 Å². The lowest BCUT2D eigenvalue weighted by Gasteiger charge is -2.09. The molecule has 0 aromatic carbocycles. The van der Waals surface area contributed by atoms with E-state index in [-0.39, 0.29) is 17.7 Å². The van der Waals surface area contributed by atoms with E-state index in [1.807, 2.05) is 12.1 Å². The normalized spacial score (nSPS) is 14.7. The van der Waals surface area contributed by atoms with E-state index in [0.29, 0.717) is 24.5 Å². The third-order valence-corrected chi connectivity index (χ3v) is 4.33. The van der Waals surface area contributed by atoms with Crippen LogP contribution < -0.4 is 10.6 Å². The molecule has 7 heteroatoms. The quantitative estimate of drug-likeness (QED) is 0.849. The van der Waals surface area contributed by atoms with E-state index >= 15 is 0 Å².